The number of fused-ring (bicyclic) bond motifs is 1. The van der Waals surface area contributed by atoms with Crippen LogP contribution in [0.25, 0.3) is 0 Å². The molecule has 3 rings (SSSR count). The molecule has 2 amide bonds. The zero-order valence-corrected chi connectivity index (χ0v) is 12.4. The summed E-state index contributed by atoms with van der Waals surface area (Å²) in [6.45, 7) is -0.137. The number of anilines is 1. The molecule has 3 N–H and O–H groups in total. The van der Waals surface area contributed by atoms with Crippen LogP contribution in [-0.2, 0) is 12.8 Å². The lowest BCUT2D eigenvalue weighted by Crippen LogP contribution is -2.34. The molecule has 4 nitrogen and oxygen atoms in total. The van der Waals surface area contributed by atoms with Crippen molar-refractivity contribution in [2.45, 2.75) is 25.3 Å². The third-order valence-electron chi connectivity index (χ3n) is 4.05. The standard InChI is InChI=1S/C18H20N2O2/c21-12-17(14-5-2-1-3-6-14)20-18(22)19-16-10-9-13-7-4-8-15(13)11-16/h1-3,5-6,9-11,17,21H,4,7-8,12H2,(H2,19,20,22). The molecule has 114 valence electrons. The minimum absolute atomic E-state index is 0.137. The Bertz CT molecular complexity index is 655. The van der Waals surface area contributed by atoms with E-state index in [0.29, 0.717) is 0 Å². The van der Waals surface area contributed by atoms with E-state index in [1.165, 1.54) is 17.5 Å². The quantitative estimate of drug-likeness (QED) is 0.812. The number of urea groups is 1. The largest absolute Gasteiger partial charge is 0.394 e. The summed E-state index contributed by atoms with van der Waals surface area (Å²) in [6, 6.07) is 14.8. The summed E-state index contributed by atoms with van der Waals surface area (Å²) in [7, 11) is 0. The number of aliphatic hydroxyl groups is 1. The van der Waals surface area contributed by atoms with E-state index in [2.05, 4.69) is 16.7 Å². The summed E-state index contributed by atoms with van der Waals surface area (Å²) < 4.78 is 0. The number of carbonyl (C=O) groups excluding carboxylic acids is 1. The Morgan fingerprint density at radius 1 is 1.09 bits per heavy atom. The first-order valence-corrected chi connectivity index (χ1v) is 7.61. The molecule has 2 aromatic carbocycles. The third-order valence-corrected chi connectivity index (χ3v) is 4.05. The van der Waals surface area contributed by atoms with E-state index < -0.39 is 6.04 Å². The lowest BCUT2D eigenvalue weighted by atomic mass is 10.1. The van der Waals surface area contributed by atoms with Gasteiger partial charge < -0.3 is 15.7 Å². The predicted octanol–water partition coefficient (Wildman–Crippen LogP) is 3.03. The second-order valence-electron chi connectivity index (χ2n) is 5.58. The fourth-order valence-electron chi connectivity index (χ4n) is 2.89. The molecule has 0 saturated carbocycles. The first-order chi connectivity index (χ1) is 10.8. The number of rotatable bonds is 4. The molecule has 0 spiro atoms. The minimum Gasteiger partial charge on any atom is -0.394 e. The summed E-state index contributed by atoms with van der Waals surface area (Å²) in [4.78, 5) is 12.1. The molecule has 1 aliphatic rings. The van der Waals surface area contributed by atoms with Crippen molar-refractivity contribution in [2.24, 2.45) is 0 Å². The van der Waals surface area contributed by atoms with E-state index >= 15 is 0 Å². The molecule has 4 heteroatoms. The molecule has 2 aromatic rings. The zero-order valence-electron chi connectivity index (χ0n) is 12.4. The van der Waals surface area contributed by atoms with Gasteiger partial charge in [-0.2, -0.15) is 0 Å². The van der Waals surface area contributed by atoms with Crippen LogP contribution in [0.4, 0.5) is 10.5 Å². The van der Waals surface area contributed by atoms with Crippen molar-refractivity contribution in [2.75, 3.05) is 11.9 Å². The summed E-state index contributed by atoms with van der Waals surface area (Å²) in [5, 5.41) is 15.1. The number of carbonyl (C=O) groups is 1. The third kappa shape index (κ3) is 3.28. The van der Waals surface area contributed by atoms with Gasteiger partial charge in [-0.05, 0) is 48.1 Å². The van der Waals surface area contributed by atoms with Gasteiger partial charge in [0.05, 0.1) is 12.6 Å². The van der Waals surface area contributed by atoms with Gasteiger partial charge in [-0.3, -0.25) is 0 Å². The van der Waals surface area contributed by atoms with E-state index in [9.17, 15) is 9.90 Å². The molecule has 1 aliphatic carbocycles. The summed E-state index contributed by atoms with van der Waals surface area (Å²) in [6.07, 6.45) is 3.39. The molecule has 1 unspecified atom stereocenters. The monoisotopic (exact) mass is 296 g/mol. The number of hydrogen-bond donors (Lipinski definition) is 3. The van der Waals surface area contributed by atoms with E-state index in [4.69, 9.17) is 0 Å². The average Bonchev–Trinajstić information content (AvgIpc) is 3.01. The van der Waals surface area contributed by atoms with Gasteiger partial charge in [-0.25, -0.2) is 4.79 Å². The van der Waals surface area contributed by atoms with Gasteiger partial charge in [0.25, 0.3) is 0 Å². The minimum atomic E-state index is -0.407. The van der Waals surface area contributed by atoms with Gasteiger partial charge in [0, 0.05) is 5.69 Å². The van der Waals surface area contributed by atoms with Gasteiger partial charge in [-0.1, -0.05) is 36.4 Å². The average molecular weight is 296 g/mol. The van der Waals surface area contributed by atoms with Crippen LogP contribution in [0.5, 0.6) is 0 Å². The summed E-state index contributed by atoms with van der Waals surface area (Å²) >= 11 is 0. The van der Waals surface area contributed by atoms with Crippen LogP contribution in [0.1, 0.15) is 29.2 Å². The fourth-order valence-corrected chi connectivity index (χ4v) is 2.89. The molecular weight excluding hydrogens is 276 g/mol. The first kappa shape index (κ1) is 14.6. The Labute approximate surface area is 130 Å². The normalized spacial score (nSPS) is 14.2. The highest BCUT2D eigenvalue weighted by Gasteiger charge is 2.15. The molecule has 0 aromatic heterocycles. The Hall–Kier alpha value is -2.33. The number of aliphatic hydroxyl groups excluding tert-OH is 1. The topological polar surface area (TPSA) is 61.4 Å². The van der Waals surface area contributed by atoms with Crippen molar-refractivity contribution < 1.29 is 9.90 Å². The second-order valence-corrected chi connectivity index (χ2v) is 5.58. The van der Waals surface area contributed by atoms with E-state index in [1.807, 2.05) is 42.5 Å². The Kier molecular flexibility index (Phi) is 4.39. The first-order valence-electron chi connectivity index (χ1n) is 7.61. The number of aryl methyl sites for hydroxylation is 2. The van der Waals surface area contributed by atoms with Gasteiger partial charge in [0.1, 0.15) is 0 Å². The molecule has 1 atom stereocenters. The summed E-state index contributed by atoms with van der Waals surface area (Å²) in [5.74, 6) is 0. The van der Waals surface area contributed by atoms with E-state index in [-0.39, 0.29) is 12.6 Å². The lowest BCUT2D eigenvalue weighted by molar-refractivity contribution is 0.225. The lowest BCUT2D eigenvalue weighted by Gasteiger charge is -2.17. The van der Waals surface area contributed by atoms with Crippen molar-refractivity contribution in [3.63, 3.8) is 0 Å². The van der Waals surface area contributed by atoms with Crippen LogP contribution in [0.3, 0.4) is 0 Å². The molecule has 22 heavy (non-hydrogen) atoms. The van der Waals surface area contributed by atoms with Gasteiger partial charge >= 0.3 is 6.03 Å². The SMILES string of the molecule is O=C(Nc1ccc2c(c1)CCC2)NC(CO)c1ccccc1. The maximum Gasteiger partial charge on any atom is 0.319 e. The van der Waals surface area contributed by atoms with Crippen molar-refractivity contribution in [3.05, 3.63) is 65.2 Å². The van der Waals surface area contributed by atoms with Crippen LogP contribution >= 0.6 is 0 Å². The molecule has 0 radical (unpaired) electrons. The van der Waals surface area contributed by atoms with E-state index in [0.717, 1.165) is 24.1 Å². The van der Waals surface area contributed by atoms with Crippen molar-refractivity contribution in [3.8, 4) is 0 Å². The van der Waals surface area contributed by atoms with Crippen LogP contribution in [0.2, 0.25) is 0 Å². The number of nitrogens with one attached hydrogen (secondary N) is 2. The Balaban J connectivity index is 1.64. The van der Waals surface area contributed by atoms with Crippen molar-refractivity contribution in [1.29, 1.82) is 0 Å². The molecule has 0 bridgehead atoms. The summed E-state index contributed by atoms with van der Waals surface area (Å²) in [5.41, 5.74) is 4.38. The number of benzene rings is 2. The van der Waals surface area contributed by atoms with Crippen LogP contribution in [0.15, 0.2) is 48.5 Å². The van der Waals surface area contributed by atoms with E-state index in [1.54, 1.807) is 0 Å². The highest BCUT2D eigenvalue weighted by molar-refractivity contribution is 5.89. The predicted molar refractivity (Wildman–Crippen MR) is 86.9 cm³/mol. The van der Waals surface area contributed by atoms with Crippen molar-refractivity contribution >= 4 is 11.7 Å². The Morgan fingerprint density at radius 3 is 2.64 bits per heavy atom. The highest BCUT2D eigenvalue weighted by Crippen LogP contribution is 2.25. The second kappa shape index (κ2) is 6.62. The molecular formula is C18H20N2O2. The van der Waals surface area contributed by atoms with Gasteiger partial charge in [0.2, 0.25) is 0 Å². The molecule has 0 saturated heterocycles. The number of hydrogen-bond acceptors (Lipinski definition) is 2. The van der Waals surface area contributed by atoms with Crippen LogP contribution in [0, 0.1) is 0 Å². The van der Waals surface area contributed by atoms with Crippen molar-refractivity contribution in [1.82, 2.24) is 5.32 Å². The maximum absolute atomic E-state index is 12.1. The van der Waals surface area contributed by atoms with Crippen LogP contribution in [-0.4, -0.2) is 17.7 Å². The van der Waals surface area contributed by atoms with Crippen LogP contribution < -0.4 is 10.6 Å². The maximum atomic E-state index is 12.1. The van der Waals surface area contributed by atoms with Gasteiger partial charge in [-0.15, -0.1) is 0 Å². The molecule has 0 aliphatic heterocycles. The smallest absolute Gasteiger partial charge is 0.319 e. The Morgan fingerprint density at radius 2 is 1.86 bits per heavy atom. The van der Waals surface area contributed by atoms with Gasteiger partial charge in [0.15, 0.2) is 0 Å². The molecule has 0 fully saturated rings. The molecule has 0 heterocycles. The number of amides is 2. The fraction of sp³-hybridized carbons (Fsp3) is 0.278. The highest BCUT2D eigenvalue weighted by atomic mass is 16.3. The zero-order chi connectivity index (χ0) is 15.4.